The third-order valence-electron chi connectivity index (χ3n) is 2.26. The molecule has 18 heavy (non-hydrogen) atoms. The highest BCUT2D eigenvalue weighted by Gasteiger charge is 2.19. The van der Waals surface area contributed by atoms with Crippen LogP contribution in [0.1, 0.15) is 5.56 Å². The number of benzene rings is 1. The Hall–Kier alpha value is -1.46. The third kappa shape index (κ3) is 3.51. The lowest BCUT2D eigenvalue weighted by atomic mass is 10.2. The Morgan fingerprint density at radius 3 is 2.50 bits per heavy atom. The van der Waals surface area contributed by atoms with Gasteiger partial charge in [0.05, 0.1) is 17.0 Å². The molecule has 0 heterocycles. The van der Waals surface area contributed by atoms with Gasteiger partial charge in [-0.2, -0.15) is 5.26 Å². The molecule has 7 heteroatoms. The summed E-state index contributed by atoms with van der Waals surface area (Å²) in [6.45, 7) is -0.0326. The smallest absolute Gasteiger partial charge is 0.242 e. The fourth-order valence-corrected chi connectivity index (χ4v) is 2.48. The van der Waals surface area contributed by atoms with Crippen LogP contribution in [0.4, 0.5) is 0 Å². The van der Waals surface area contributed by atoms with Crippen LogP contribution in [0.5, 0.6) is 0 Å². The van der Waals surface area contributed by atoms with Crippen molar-refractivity contribution in [2.75, 3.05) is 20.8 Å². The van der Waals surface area contributed by atoms with Crippen molar-refractivity contribution in [1.29, 1.82) is 5.26 Å². The molecule has 0 bridgehead atoms. The van der Waals surface area contributed by atoms with E-state index in [4.69, 9.17) is 14.7 Å². The molecule has 0 saturated heterocycles. The van der Waals surface area contributed by atoms with Crippen molar-refractivity contribution in [2.45, 2.75) is 11.2 Å². The maximum absolute atomic E-state index is 12.0. The summed E-state index contributed by atoms with van der Waals surface area (Å²) < 4.78 is 36.0. The average molecular weight is 270 g/mol. The Morgan fingerprint density at radius 1 is 1.33 bits per heavy atom. The lowest BCUT2D eigenvalue weighted by Gasteiger charge is -2.14. The zero-order valence-electron chi connectivity index (χ0n) is 10.1. The Labute approximate surface area is 106 Å². The van der Waals surface area contributed by atoms with Gasteiger partial charge in [0.25, 0.3) is 0 Å². The van der Waals surface area contributed by atoms with Gasteiger partial charge in [0.1, 0.15) is 6.07 Å². The van der Waals surface area contributed by atoms with E-state index < -0.39 is 16.3 Å². The van der Waals surface area contributed by atoms with Crippen molar-refractivity contribution in [3.8, 4) is 6.07 Å². The summed E-state index contributed by atoms with van der Waals surface area (Å²) in [7, 11) is -0.934. The molecule has 0 unspecified atom stereocenters. The second kappa shape index (κ2) is 6.47. The van der Waals surface area contributed by atoms with Crippen molar-refractivity contribution in [3.63, 3.8) is 0 Å². The fraction of sp³-hybridized carbons (Fsp3) is 0.364. The van der Waals surface area contributed by atoms with Crippen molar-refractivity contribution >= 4 is 10.0 Å². The SMILES string of the molecule is COC(CNS(=O)(=O)c1ccccc1C#N)OC. The lowest BCUT2D eigenvalue weighted by molar-refractivity contribution is -0.0960. The van der Waals surface area contributed by atoms with Gasteiger partial charge in [-0.25, -0.2) is 13.1 Å². The summed E-state index contributed by atoms with van der Waals surface area (Å²) in [5, 5.41) is 8.86. The first kappa shape index (κ1) is 14.6. The number of nitriles is 1. The van der Waals surface area contributed by atoms with Crippen LogP contribution in [0.25, 0.3) is 0 Å². The number of sulfonamides is 1. The zero-order valence-corrected chi connectivity index (χ0v) is 10.9. The van der Waals surface area contributed by atoms with Crippen LogP contribution in [0, 0.1) is 11.3 Å². The van der Waals surface area contributed by atoms with E-state index in [1.54, 1.807) is 12.1 Å². The summed E-state index contributed by atoms with van der Waals surface area (Å²) in [5.74, 6) is 0. The van der Waals surface area contributed by atoms with Gasteiger partial charge in [-0.05, 0) is 12.1 Å². The largest absolute Gasteiger partial charge is 0.355 e. The van der Waals surface area contributed by atoms with Crippen LogP contribution in [-0.2, 0) is 19.5 Å². The van der Waals surface area contributed by atoms with E-state index in [9.17, 15) is 8.42 Å². The predicted octanol–water partition coefficient (Wildman–Crippen LogP) is 0.455. The number of nitrogens with zero attached hydrogens (tertiary/aromatic N) is 1. The predicted molar refractivity (Wildman–Crippen MR) is 64.2 cm³/mol. The van der Waals surface area contributed by atoms with Crippen LogP contribution in [-0.4, -0.2) is 35.5 Å². The van der Waals surface area contributed by atoms with Crippen molar-refractivity contribution < 1.29 is 17.9 Å². The summed E-state index contributed by atoms with van der Waals surface area (Å²) >= 11 is 0. The minimum absolute atomic E-state index is 0.0326. The van der Waals surface area contributed by atoms with Crippen LogP contribution in [0.3, 0.4) is 0 Å². The van der Waals surface area contributed by atoms with Gasteiger partial charge < -0.3 is 9.47 Å². The topological polar surface area (TPSA) is 88.4 Å². The molecule has 0 aliphatic carbocycles. The minimum Gasteiger partial charge on any atom is -0.355 e. The molecule has 0 aliphatic rings. The van der Waals surface area contributed by atoms with Crippen LogP contribution < -0.4 is 4.72 Å². The third-order valence-corrected chi connectivity index (χ3v) is 3.74. The molecule has 0 aromatic heterocycles. The standard InChI is InChI=1S/C11H14N2O4S/c1-16-11(17-2)8-13-18(14,15)10-6-4-3-5-9(10)7-12/h3-6,11,13H,8H2,1-2H3. The van der Waals surface area contributed by atoms with Crippen LogP contribution in [0.15, 0.2) is 29.2 Å². The molecule has 0 atom stereocenters. The molecule has 1 aromatic rings. The number of rotatable bonds is 6. The number of ether oxygens (including phenoxy) is 2. The summed E-state index contributed by atoms with van der Waals surface area (Å²) in [6.07, 6.45) is -0.672. The number of hydrogen-bond donors (Lipinski definition) is 1. The average Bonchev–Trinajstić information content (AvgIpc) is 2.39. The highest BCUT2D eigenvalue weighted by atomic mass is 32.2. The molecule has 1 N–H and O–H groups in total. The van der Waals surface area contributed by atoms with E-state index in [2.05, 4.69) is 4.72 Å². The molecule has 1 rings (SSSR count). The molecule has 1 aromatic carbocycles. The highest BCUT2D eigenvalue weighted by Crippen LogP contribution is 2.13. The highest BCUT2D eigenvalue weighted by molar-refractivity contribution is 7.89. The molecule has 0 spiro atoms. The number of nitrogens with one attached hydrogen (secondary N) is 1. The molecular formula is C11H14N2O4S. The van der Waals surface area contributed by atoms with Gasteiger partial charge in [0.2, 0.25) is 10.0 Å². The second-order valence-corrected chi connectivity index (χ2v) is 5.10. The fourth-order valence-electron chi connectivity index (χ4n) is 1.31. The van der Waals surface area contributed by atoms with E-state index in [0.29, 0.717) is 0 Å². The number of hydrogen-bond acceptors (Lipinski definition) is 5. The van der Waals surface area contributed by atoms with Gasteiger partial charge in [-0.3, -0.25) is 0 Å². The molecule has 98 valence electrons. The van der Waals surface area contributed by atoms with E-state index >= 15 is 0 Å². The maximum atomic E-state index is 12.0. The summed E-state index contributed by atoms with van der Waals surface area (Å²) in [5.41, 5.74) is 0.0939. The minimum atomic E-state index is -3.75. The Bertz CT molecular complexity index is 532. The zero-order chi connectivity index (χ0) is 13.6. The summed E-state index contributed by atoms with van der Waals surface area (Å²) in [4.78, 5) is -0.0570. The van der Waals surface area contributed by atoms with Crippen LogP contribution >= 0.6 is 0 Å². The van der Waals surface area contributed by atoms with Crippen molar-refractivity contribution in [1.82, 2.24) is 4.72 Å². The first-order chi connectivity index (χ1) is 8.55. The second-order valence-electron chi connectivity index (χ2n) is 3.36. The first-order valence-electron chi connectivity index (χ1n) is 5.09. The van der Waals surface area contributed by atoms with E-state index in [1.807, 2.05) is 6.07 Å². The van der Waals surface area contributed by atoms with Gasteiger partial charge in [0.15, 0.2) is 6.29 Å². The number of methoxy groups -OCH3 is 2. The molecule has 0 saturated carbocycles. The summed E-state index contributed by atoms with van der Waals surface area (Å²) in [6, 6.07) is 7.81. The van der Waals surface area contributed by atoms with Crippen molar-refractivity contribution in [2.24, 2.45) is 0 Å². The van der Waals surface area contributed by atoms with Gasteiger partial charge in [0, 0.05) is 14.2 Å². The Morgan fingerprint density at radius 2 is 1.94 bits per heavy atom. The molecule has 0 amide bonds. The molecule has 0 fully saturated rings. The van der Waals surface area contributed by atoms with Gasteiger partial charge in [-0.15, -0.1) is 0 Å². The van der Waals surface area contributed by atoms with Crippen molar-refractivity contribution in [3.05, 3.63) is 29.8 Å². The van der Waals surface area contributed by atoms with E-state index in [-0.39, 0.29) is 17.0 Å². The molecule has 6 nitrogen and oxygen atoms in total. The van der Waals surface area contributed by atoms with E-state index in [1.165, 1.54) is 26.4 Å². The quantitative estimate of drug-likeness (QED) is 0.758. The molecule has 0 aliphatic heterocycles. The Balaban J connectivity index is 2.91. The lowest BCUT2D eigenvalue weighted by Crippen LogP contribution is -2.34. The first-order valence-corrected chi connectivity index (χ1v) is 6.58. The molecular weight excluding hydrogens is 256 g/mol. The van der Waals surface area contributed by atoms with Crippen LogP contribution in [0.2, 0.25) is 0 Å². The molecule has 0 radical (unpaired) electrons. The maximum Gasteiger partial charge on any atom is 0.242 e. The normalized spacial score (nSPS) is 11.4. The van der Waals surface area contributed by atoms with E-state index in [0.717, 1.165) is 0 Å². The Kier molecular flexibility index (Phi) is 5.25. The van der Waals surface area contributed by atoms with Gasteiger partial charge in [-0.1, -0.05) is 12.1 Å². The van der Waals surface area contributed by atoms with Gasteiger partial charge >= 0.3 is 0 Å². The monoisotopic (exact) mass is 270 g/mol.